The number of ketones is 1. The molecule has 0 aliphatic carbocycles. The van der Waals surface area contributed by atoms with Crippen molar-refractivity contribution in [3.8, 4) is 5.75 Å². The van der Waals surface area contributed by atoms with E-state index in [4.69, 9.17) is 25.3 Å². The highest BCUT2D eigenvalue weighted by Gasteiger charge is 2.57. The van der Waals surface area contributed by atoms with E-state index in [1.165, 1.54) is 19.2 Å². The molecule has 2 aliphatic heterocycles. The van der Waals surface area contributed by atoms with Gasteiger partial charge >= 0.3 is 10.4 Å². The number of oxime groups is 1. The molecule has 3 heterocycles. The maximum absolute atomic E-state index is 13.2. The maximum Gasteiger partial charge on any atom is 0.418 e. The normalized spacial score (nSPS) is 21.1. The number of aromatic nitrogens is 1. The molecule has 0 bridgehead atoms. The van der Waals surface area contributed by atoms with Crippen molar-refractivity contribution in [2.75, 3.05) is 39.6 Å². The minimum Gasteiger partial charge on any atom is -0.490 e. The Balaban J connectivity index is 1.28. The number of nitrogens with one attached hydrogen (secondary N) is 2. The van der Waals surface area contributed by atoms with Crippen molar-refractivity contribution in [2.45, 2.75) is 44.7 Å². The quantitative estimate of drug-likeness (QED) is 0.0686. The molecule has 1 aromatic heterocycles. The number of carbonyl (C=O) groups excluding carboxylic acids is 3. The molecule has 2 saturated heterocycles. The van der Waals surface area contributed by atoms with Crippen LogP contribution < -0.4 is 15.8 Å². The molecule has 0 saturated carbocycles. The standard InChI is InChI=1S/C28H37N7O9S2/c1-28(2)19(25(37)35(28)44-46(39,40)41)13-23(36)24(22-15-45-27(30)32-22)33-43-10-9-42-18-7-5-17(6-8-18)20(29)11-16-12-21(31-14-16)26(38)34(3)4/h5-8,15-16,19,21,29,31H,9-14H2,1-4H3,(H2,30,32)(H,39,40,41)/b29-20?,33-24-/t16-,19+,21-/m0/s1. The van der Waals surface area contributed by atoms with Gasteiger partial charge in [0.05, 0.1) is 17.5 Å². The summed E-state index contributed by atoms with van der Waals surface area (Å²) in [7, 11) is -1.47. The van der Waals surface area contributed by atoms with Crippen LogP contribution in [0.3, 0.4) is 0 Å². The molecular weight excluding hydrogens is 642 g/mol. The Bertz CT molecular complexity index is 1610. The number of nitrogen functional groups attached to an aromatic ring is 1. The molecule has 0 radical (unpaired) electrons. The van der Waals surface area contributed by atoms with Crippen LogP contribution in [0.5, 0.6) is 5.75 Å². The molecule has 0 unspecified atom stereocenters. The number of benzene rings is 1. The van der Waals surface area contributed by atoms with E-state index < -0.39 is 33.5 Å². The van der Waals surface area contributed by atoms with Crippen LogP contribution in [-0.2, 0) is 33.9 Å². The van der Waals surface area contributed by atoms with Crippen LogP contribution in [-0.4, -0.2) is 102 Å². The number of hydroxylamine groups is 2. The number of amides is 2. The van der Waals surface area contributed by atoms with Gasteiger partial charge in [-0.05, 0) is 69.0 Å². The predicted octanol–water partition coefficient (Wildman–Crippen LogP) is 1.28. The number of anilines is 1. The molecule has 2 aromatic rings. The summed E-state index contributed by atoms with van der Waals surface area (Å²) in [5, 5.41) is 17.9. The van der Waals surface area contributed by atoms with E-state index in [0.717, 1.165) is 16.9 Å². The van der Waals surface area contributed by atoms with Gasteiger partial charge in [0.15, 0.2) is 23.2 Å². The Morgan fingerprint density at radius 2 is 1.93 bits per heavy atom. The van der Waals surface area contributed by atoms with Gasteiger partial charge in [-0.3, -0.25) is 18.9 Å². The topological polar surface area (TPSA) is 227 Å². The first-order valence-corrected chi connectivity index (χ1v) is 16.5. The fourth-order valence-electron chi connectivity index (χ4n) is 5.22. The summed E-state index contributed by atoms with van der Waals surface area (Å²) < 4.78 is 41.1. The number of hydrogen-bond donors (Lipinski definition) is 4. The molecular formula is C28H37N7O9S2. The van der Waals surface area contributed by atoms with Crippen molar-refractivity contribution in [3.05, 3.63) is 40.9 Å². The molecule has 16 nitrogen and oxygen atoms in total. The average Bonchev–Trinajstić information content (AvgIpc) is 3.64. The third-order valence-electron chi connectivity index (χ3n) is 7.72. The van der Waals surface area contributed by atoms with Crippen LogP contribution in [0.4, 0.5) is 5.13 Å². The summed E-state index contributed by atoms with van der Waals surface area (Å²) in [6.07, 6.45) is 0.874. The number of carbonyl (C=O) groups is 3. The van der Waals surface area contributed by atoms with E-state index in [1.54, 1.807) is 43.3 Å². The fraction of sp³-hybridized carbons (Fsp3) is 0.500. The zero-order chi connectivity index (χ0) is 33.8. The van der Waals surface area contributed by atoms with Crippen molar-refractivity contribution in [1.82, 2.24) is 20.3 Å². The number of Topliss-reactive ketones (excluding diaryl/α,β-unsaturated/α-hetero) is 1. The van der Waals surface area contributed by atoms with Crippen LogP contribution in [0.15, 0.2) is 34.8 Å². The number of nitrogens with zero attached hydrogens (tertiary/aromatic N) is 4. The molecule has 4 rings (SSSR count). The number of hydrogen-bond acceptors (Lipinski definition) is 14. The highest BCUT2D eigenvalue weighted by molar-refractivity contribution is 7.80. The van der Waals surface area contributed by atoms with Gasteiger partial charge in [-0.1, -0.05) is 5.16 Å². The Kier molecular flexibility index (Phi) is 10.8. The second kappa shape index (κ2) is 14.2. The lowest BCUT2D eigenvalue weighted by atomic mass is 9.74. The number of rotatable bonds is 15. The molecule has 1 aromatic carbocycles. The van der Waals surface area contributed by atoms with Crippen molar-refractivity contribution in [3.63, 3.8) is 0 Å². The minimum atomic E-state index is -4.93. The Morgan fingerprint density at radius 3 is 2.52 bits per heavy atom. The van der Waals surface area contributed by atoms with E-state index in [9.17, 15) is 22.8 Å². The van der Waals surface area contributed by atoms with Gasteiger partial charge in [0.1, 0.15) is 18.1 Å². The van der Waals surface area contributed by atoms with Gasteiger partial charge in [-0.25, -0.2) is 4.98 Å². The van der Waals surface area contributed by atoms with E-state index in [-0.39, 0.29) is 54.0 Å². The van der Waals surface area contributed by atoms with Crippen LogP contribution >= 0.6 is 11.3 Å². The molecule has 3 atom stereocenters. The van der Waals surface area contributed by atoms with Crippen LogP contribution in [0.1, 0.15) is 44.4 Å². The number of β-lactam (4-membered cyclic amide) rings is 1. The Hall–Kier alpha value is -3.97. The fourth-order valence-corrected chi connectivity index (χ4v) is 6.22. The summed E-state index contributed by atoms with van der Waals surface area (Å²) in [5.41, 5.74) is 5.70. The van der Waals surface area contributed by atoms with Gasteiger partial charge in [-0.15, -0.1) is 15.6 Å². The minimum absolute atomic E-state index is 0.0399. The van der Waals surface area contributed by atoms with Crippen LogP contribution in [0.2, 0.25) is 0 Å². The first kappa shape index (κ1) is 34.9. The maximum atomic E-state index is 13.2. The molecule has 18 heteroatoms. The monoisotopic (exact) mass is 679 g/mol. The highest BCUT2D eigenvalue weighted by Crippen LogP contribution is 2.40. The number of ether oxygens (including phenoxy) is 1. The average molecular weight is 680 g/mol. The van der Waals surface area contributed by atoms with Gasteiger partial charge in [0, 0.05) is 31.6 Å². The van der Waals surface area contributed by atoms with Gasteiger partial charge in [-0.2, -0.15) is 13.5 Å². The van der Waals surface area contributed by atoms with E-state index in [0.29, 0.717) is 35.9 Å². The summed E-state index contributed by atoms with van der Waals surface area (Å²) >= 11 is 1.08. The summed E-state index contributed by atoms with van der Waals surface area (Å²) in [6.45, 7) is 3.68. The number of thiazole rings is 1. The highest BCUT2D eigenvalue weighted by atomic mass is 32.3. The molecule has 250 valence electrons. The van der Waals surface area contributed by atoms with Crippen molar-refractivity contribution in [1.29, 1.82) is 5.41 Å². The number of nitrogens with two attached hydrogens (primary N) is 1. The Labute approximate surface area is 270 Å². The van der Waals surface area contributed by atoms with Crippen molar-refractivity contribution < 1.29 is 41.2 Å². The molecule has 0 spiro atoms. The zero-order valence-electron chi connectivity index (χ0n) is 25.8. The predicted molar refractivity (Wildman–Crippen MR) is 168 cm³/mol. The summed E-state index contributed by atoms with van der Waals surface area (Å²) in [6, 6.07) is 6.83. The molecule has 2 aliphatic rings. The third-order valence-corrected chi connectivity index (χ3v) is 8.73. The smallest absolute Gasteiger partial charge is 0.418 e. The first-order valence-electron chi connectivity index (χ1n) is 14.3. The first-order chi connectivity index (χ1) is 21.6. The largest absolute Gasteiger partial charge is 0.490 e. The van der Waals surface area contributed by atoms with E-state index in [2.05, 4.69) is 19.7 Å². The lowest BCUT2D eigenvalue weighted by molar-refractivity contribution is -0.228. The second-order valence-electron chi connectivity index (χ2n) is 11.7. The SMILES string of the molecule is CN(C)C(=O)[C@@H]1C[C@H](CC(=N)c2ccc(OCCO/N=C(\C(=O)C[C@@H]3C(=O)N(OS(=O)(=O)O)C3(C)C)c3csc(N)n3)cc2)CN1. The van der Waals surface area contributed by atoms with Crippen LogP contribution in [0, 0.1) is 17.2 Å². The number of likely N-dealkylation sites (N-methyl/N-ethyl adjacent to an activating group) is 1. The van der Waals surface area contributed by atoms with Crippen molar-refractivity contribution >= 4 is 55.9 Å². The van der Waals surface area contributed by atoms with Gasteiger partial charge in [0.2, 0.25) is 5.91 Å². The molecule has 5 N–H and O–H groups in total. The van der Waals surface area contributed by atoms with E-state index in [1.807, 2.05) is 0 Å². The zero-order valence-corrected chi connectivity index (χ0v) is 27.4. The summed E-state index contributed by atoms with van der Waals surface area (Å²) in [5.74, 6) is -1.59. The van der Waals surface area contributed by atoms with Crippen LogP contribution in [0.25, 0.3) is 0 Å². The molecule has 2 fully saturated rings. The lowest BCUT2D eigenvalue weighted by Gasteiger charge is -2.50. The second-order valence-corrected chi connectivity index (χ2v) is 13.6. The molecule has 46 heavy (non-hydrogen) atoms. The third kappa shape index (κ3) is 8.43. The Morgan fingerprint density at radius 1 is 1.24 bits per heavy atom. The lowest BCUT2D eigenvalue weighted by Crippen LogP contribution is -2.68. The van der Waals surface area contributed by atoms with Crippen molar-refractivity contribution in [2.24, 2.45) is 17.0 Å². The summed E-state index contributed by atoms with van der Waals surface area (Å²) in [4.78, 5) is 48.9. The van der Waals surface area contributed by atoms with E-state index >= 15 is 0 Å². The van der Waals surface area contributed by atoms with Gasteiger partial charge in [0.25, 0.3) is 5.91 Å². The molecule has 2 amide bonds. The van der Waals surface area contributed by atoms with Gasteiger partial charge < -0.3 is 30.9 Å².